The van der Waals surface area contributed by atoms with Crippen LogP contribution in [0.4, 0.5) is 5.82 Å². The molecule has 7 nitrogen and oxygen atoms in total. The van der Waals surface area contributed by atoms with Crippen molar-refractivity contribution in [2.75, 3.05) is 18.9 Å². The second kappa shape index (κ2) is 6.65. The summed E-state index contributed by atoms with van der Waals surface area (Å²) in [5.41, 5.74) is 1.05. The Kier molecular flexibility index (Phi) is 4.65. The van der Waals surface area contributed by atoms with Gasteiger partial charge in [-0.05, 0) is 31.0 Å². The van der Waals surface area contributed by atoms with E-state index in [1.807, 2.05) is 12.1 Å². The first-order valence-corrected chi connectivity index (χ1v) is 6.45. The molecule has 0 aliphatic carbocycles. The van der Waals surface area contributed by atoms with Gasteiger partial charge in [-0.1, -0.05) is 5.16 Å². The lowest BCUT2D eigenvalue weighted by Crippen LogP contribution is -2.38. The lowest BCUT2D eigenvalue weighted by Gasteiger charge is -2.15. The number of hydrogen-bond acceptors (Lipinski definition) is 5. The highest BCUT2D eigenvalue weighted by Gasteiger charge is 2.19. The maximum atomic E-state index is 11.9. The maximum absolute atomic E-state index is 11.9. The predicted octanol–water partition coefficient (Wildman–Crippen LogP) is 1.02. The van der Waals surface area contributed by atoms with Crippen LogP contribution >= 0.6 is 0 Å². The molecule has 7 heteroatoms. The lowest BCUT2D eigenvalue weighted by molar-refractivity contribution is -0.142. The summed E-state index contributed by atoms with van der Waals surface area (Å²) >= 11 is 0. The number of carbonyl (C=O) groups is 2. The standard InChI is InChI=1S/C14H16N4O3/c1-10-9-12(17-21-10)16-13(19)14(20)18(2)8-5-11-3-6-15-7-4-11/h3-4,6-7,9H,5,8H2,1-2H3,(H,16,17,19). The molecule has 0 saturated heterocycles. The molecule has 0 atom stereocenters. The summed E-state index contributed by atoms with van der Waals surface area (Å²) in [4.78, 5) is 29.0. The van der Waals surface area contributed by atoms with Gasteiger partial charge in [0.2, 0.25) is 0 Å². The van der Waals surface area contributed by atoms with Crippen LogP contribution in [-0.2, 0) is 16.0 Å². The van der Waals surface area contributed by atoms with Crippen LogP contribution in [0.1, 0.15) is 11.3 Å². The van der Waals surface area contributed by atoms with Crippen LogP contribution in [0.5, 0.6) is 0 Å². The molecule has 2 amide bonds. The molecule has 0 unspecified atom stereocenters. The van der Waals surface area contributed by atoms with Crippen molar-refractivity contribution in [2.45, 2.75) is 13.3 Å². The van der Waals surface area contributed by atoms with Crippen LogP contribution in [0.3, 0.4) is 0 Å². The second-order valence-corrected chi connectivity index (χ2v) is 4.61. The Labute approximate surface area is 121 Å². The summed E-state index contributed by atoms with van der Waals surface area (Å²) in [6.07, 6.45) is 4.04. The van der Waals surface area contributed by atoms with E-state index in [-0.39, 0.29) is 5.82 Å². The van der Waals surface area contributed by atoms with E-state index in [4.69, 9.17) is 4.52 Å². The molecular weight excluding hydrogens is 272 g/mol. The number of amides is 2. The van der Waals surface area contributed by atoms with Gasteiger partial charge in [-0.15, -0.1) is 0 Å². The van der Waals surface area contributed by atoms with Crippen molar-refractivity contribution in [3.8, 4) is 0 Å². The number of carbonyl (C=O) groups excluding carboxylic acids is 2. The summed E-state index contributed by atoms with van der Waals surface area (Å²) in [5.74, 6) is -0.567. The van der Waals surface area contributed by atoms with Gasteiger partial charge in [0.25, 0.3) is 0 Å². The number of hydrogen-bond donors (Lipinski definition) is 1. The van der Waals surface area contributed by atoms with E-state index < -0.39 is 11.8 Å². The molecule has 0 radical (unpaired) electrons. The quantitative estimate of drug-likeness (QED) is 0.848. The molecule has 0 fully saturated rings. The monoisotopic (exact) mass is 288 g/mol. The molecule has 2 rings (SSSR count). The predicted molar refractivity (Wildman–Crippen MR) is 75.4 cm³/mol. The number of nitrogens with one attached hydrogen (secondary N) is 1. The summed E-state index contributed by atoms with van der Waals surface area (Å²) in [7, 11) is 1.58. The smallest absolute Gasteiger partial charge is 0.315 e. The third kappa shape index (κ3) is 4.13. The van der Waals surface area contributed by atoms with Crippen molar-refractivity contribution in [3.63, 3.8) is 0 Å². The molecule has 2 aromatic rings. The van der Waals surface area contributed by atoms with Crippen LogP contribution in [-0.4, -0.2) is 40.4 Å². The van der Waals surface area contributed by atoms with Gasteiger partial charge in [-0.25, -0.2) is 0 Å². The van der Waals surface area contributed by atoms with Crippen molar-refractivity contribution in [2.24, 2.45) is 0 Å². The minimum Gasteiger partial charge on any atom is -0.360 e. The molecule has 21 heavy (non-hydrogen) atoms. The molecule has 2 aromatic heterocycles. The first kappa shape index (κ1) is 14.7. The molecule has 0 spiro atoms. The first-order chi connectivity index (χ1) is 10.1. The van der Waals surface area contributed by atoms with E-state index in [0.29, 0.717) is 18.7 Å². The zero-order valence-electron chi connectivity index (χ0n) is 11.9. The average molecular weight is 288 g/mol. The topological polar surface area (TPSA) is 88.3 Å². The number of pyridine rings is 1. The van der Waals surface area contributed by atoms with Gasteiger partial charge in [-0.2, -0.15) is 0 Å². The zero-order valence-corrected chi connectivity index (χ0v) is 11.9. The molecular formula is C14H16N4O3. The Hall–Kier alpha value is -2.70. The van der Waals surface area contributed by atoms with Crippen LogP contribution in [0.15, 0.2) is 35.1 Å². The highest BCUT2D eigenvalue weighted by Crippen LogP contribution is 2.07. The van der Waals surface area contributed by atoms with Crippen LogP contribution in [0.2, 0.25) is 0 Å². The molecule has 1 N–H and O–H groups in total. The Bertz CT molecular complexity index is 624. The molecule has 0 saturated carbocycles. The van der Waals surface area contributed by atoms with Crippen molar-refractivity contribution in [3.05, 3.63) is 41.9 Å². The van der Waals surface area contributed by atoms with Gasteiger partial charge in [-0.3, -0.25) is 19.9 Å². The van der Waals surface area contributed by atoms with E-state index in [0.717, 1.165) is 5.56 Å². The first-order valence-electron chi connectivity index (χ1n) is 6.45. The summed E-state index contributed by atoms with van der Waals surface area (Å²) in [5, 5.41) is 6.00. The number of aryl methyl sites for hydroxylation is 1. The Morgan fingerprint density at radius 2 is 2.05 bits per heavy atom. The highest BCUT2D eigenvalue weighted by atomic mass is 16.5. The summed E-state index contributed by atoms with van der Waals surface area (Å²) in [6.45, 7) is 2.14. The minimum absolute atomic E-state index is 0.230. The lowest BCUT2D eigenvalue weighted by atomic mass is 10.2. The van der Waals surface area contributed by atoms with Crippen LogP contribution in [0.25, 0.3) is 0 Å². The van der Waals surface area contributed by atoms with E-state index in [9.17, 15) is 9.59 Å². The third-order valence-electron chi connectivity index (χ3n) is 2.90. The van der Waals surface area contributed by atoms with E-state index in [1.165, 1.54) is 4.90 Å². The van der Waals surface area contributed by atoms with E-state index >= 15 is 0 Å². The van der Waals surface area contributed by atoms with Gasteiger partial charge < -0.3 is 9.42 Å². The third-order valence-corrected chi connectivity index (χ3v) is 2.90. The number of nitrogens with zero attached hydrogens (tertiary/aromatic N) is 3. The van der Waals surface area contributed by atoms with Gasteiger partial charge in [0.15, 0.2) is 5.82 Å². The van der Waals surface area contributed by atoms with Gasteiger partial charge in [0.1, 0.15) is 5.76 Å². The summed E-state index contributed by atoms with van der Waals surface area (Å²) in [6, 6.07) is 5.29. The largest absolute Gasteiger partial charge is 0.360 e. The van der Waals surface area contributed by atoms with Crippen molar-refractivity contribution >= 4 is 17.6 Å². The van der Waals surface area contributed by atoms with Gasteiger partial charge >= 0.3 is 11.8 Å². The number of likely N-dealkylation sites (N-methyl/N-ethyl adjacent to an activating group) is 1. The molecule has 110 valence electrons. The second-order valence-electron chi connectivity index (χ2n) is 4.61. The summed E-state index contributed by atoms with van der Waals surface area (Å²) < 4.78 is 4.82. The fourth-order valence-corrected chi connectivity index (χ4v) is 1.72. The highest BCUT2D eigenvalue weighted by molar-refractivity contribution is 6.39. The molecule has 0 bridgehead atoms. The number of aromatic nitrogens is 2. The van der Waals surface area contributed by atoms with Crippen molar-refractivity contribution in [1.82, 2.24) is 15.0 Å². The van der Waals surface area contributed by atoms with Gasteiger partial charge in [0, 0.05) is 32.1 Å². The molecule has 0 aliphatic heterocycles. The Balaban J connectivity index is 1.85. The average Bonchev–Trinajstić information content (AvgIpc) is 2.90. The molecule has 0 aromatic carbocycles. The van der Waals surface area contributed by atoms with Gasteiger partial charge in [0.05, 0.1) is 0 Å². The van der Waals surface area contributed by atoms with E-state index in [2.05, 4.69) is 15.5 Å². The molecule has 0 aliphatic rings. The molecule has 2 heterocycles. The fourth-order valence-electron chi connectivity index (χ4n) is 1.72. The van der Waals surface area contributed by atoms with Crippen LogP contribution < -0.4 is 5.32 Å². The normalized spacial score (nSPS) is 10.2. The minimum atomic E-state index is -0.736. The SMILES string of the molecule is Cc1cc(NC(=O)C(=O)N(C)CCc2ccncc2)no1. The maximum Gasteiger partial charge on any atom is 0.315 e. The number of rotatable bonds is 4. The number of anilines is 1. The Morgan fingerprint density at radius 3 is 2.67 bits per heavy atom. The van der Waals surface area contributed by atoms with E-state index in [1.54, 1.807) is 32.4 Å². The van der Waals surface area contributed by atoms with Crippen molar-refractivity contribution in [1.29, 1.82) is 0 Å². The van der Waals surface area contributed by atoms with Crippen LogP contribution in [0, 0.1) is 6.92 Å². The fraction of sp³-hybridized carbons (Fsp3) is 0.286. The Morgan fingerprint density at radius 1 is 1.33 bits per heavy atom. The zero-order chi connectivity index (χ0) is 15.2. The van der Waals surface area contributed by atoms with Crippen molar-refractivity contribution < 1.29 is 14.1 Å².